The van der Waals surface area contributed by atoms with Crippen molar-refractivity contribution in [3.05, 3.63) is 36.5 Å². The molecule has 1 heterocycles. The summed E-state index contributed by atoms with van der Waals surface area (Å²) in [7, 11) is 0. The number of carbonyl (C=O) groups excluding carboxylic acids is 1. The maximum atomic E-state index is 11.4. The van der Waals surface area contributed by atoms with Crippen LogP contribution in [0.25, 0.3) is 0 Å². The molecule has 0 radical (unpaired) electrons. The molecule has 2 N–H and O–H groups in total. The fraction of sp³-hybridized carbons (Fsp3) is 0.467. The van der Waals surface area contributed by atoms with Crippen molar-refractivity contribution in [2.45, 2.75) is 25.3 Å². The van der Waals surface area contributed by atoms with Gasteiger partial charge in [0.2, 0.25) is 0 Å². The van der Waals surface area contributed by atoms with Crippen molar-refractivity contribution >= 4 is 11.6 Å². The summed E-state index contributed by atoms with van der Waals surface area (Å²) in [4.78, 5) is 15.6. The van der Waals surface area contributed by atoms with Gasteiger partial charge in [0.1, 0.15) is 0 Å². The zero-order valence-corrected chi connectivity index (χ0v) is 10.6. The van der Waals surface area contributed by atoms with Gasteiger partial charge in [-0.25, -0.2) is 4.99 Å². The van der Waals surface area contributed by atoms with E-state index >= 15 is 0 Å². The van der Waals surface area contributed by atoms with Crippen molar-refractivity contribution in [1.29, 1.82) is 0 Å². The first-order chi connectivity index (χ1) is 8.54. The van der Waals surface area contributed by atoms with Crippen LogP contribution in [0.5, 0.6) is 0 Å². The van der Waals surface area contributed by atoms with Gasteiger partial charge >= 0.3 is 0 Å². The number of nitrogens with two attached hydrogens (primary N) is 1. The molecule has 1 fully saturated rings. The highest BCUT2D eigenvalue weighted by molar-refractivity contribution is 6.06. The number of carbonyl (C=O) groups is 1. The normalized spacial score (nSPS) is 41.9. The smallest absolute Gasteiger partial charge is 0.269 e. The first-order valence-corrected chi connectivity index (χ1v) is 6.43. The zero-order valence-electron chi connectivity index (χ0n) is 10.6. The van der Waals surface area contributed by atoms with E-state index in [9.17, 15) is 4.79 Å². The first-order valence-electron chi connectivity index (χ1n) is 6.43. The summed E-state index contributed by atoms with van der Waals surface area (Å²) in [6.45, 7) is 6.08. The second kappa shape index (κ2) is 3.75. The van der Waals surface area contributed by atoms with Crippen molar-refractivity contribution in [2.24, 2.45) is 28.5 Å². The molecule has 0 aromatic heterocycles. The molecule has 1 amide bonds. The minimum absolute atomic E-state index is 0.0816. The Hall–Kier alpha value is -1.48. The lowest BCUT2D eigenvalue weighted by Gasteiger charge is -2.52. The molecular formula is C15H18N2O. The van der Waals surface area contributed by atoms with Crippen LogP contribution in [0, 0.1) is 17.8 Å². The second-order valence-electron chi connectivity index (χ2n) is 5.71. The summed E-state index contributed by atoms with van der Waals surface area (Å²) in [5.74, 6) is 0.539. The molecule has 1 saturated carbocycles. The van der Waals surface area contributed by atoms with Crippen LogP contribution in [0.15, 0.2) is 41.4 Å². The van der Waals surface area contributed by atoms with Crippen LogP contribution in [-0.4, -0.2) is 17.2 Å². The van der Waals surface area contributed by atoms with Gasteiger partial charge in [0, 0.05) is 29.2 Å². The maximum absolute atomic E-state index is 11.4. The lowest BCUT2D eigenvalue weighted by atomic mass is 9.55. The van der Waals surface area contributed by atoms with Crippen molar-refractivity contribution in [1.82, 2.24) is 0 Å². The van der Waals surface area contributed by atoms with Crippen LogP contribution in [0.3, 0.4) is 0 Å². The Balaban J connectivity index is 2.12. The SMILES string of the molecule is C=CC1C2C=C(C)C[C@]1(N)C1C=CC(=O)N=C1C2. The van der Waals surface area contributed by atoms with E-state index in [1.54, 1.807) is 6.08 Å². The number of allylic oxidation sites excluding steroid dienone is 1. The van der Waals surface area contributed by atoms with Crippen molar-refractivity contribution in [3.63, 3.8) is 0 Å². The Morgan fingerprint density at radius 2 is 2.39 bits per heavy atom. The highest BCUT2D eigenvalue weighted by atomic mass is 16.1. The summed E-state index contributed by atoms with van der Waals surface area (Å²) >= 11 is 0. The standard InChI is InChI=1S/C15H18N2O/c1-3-11-10-6-9(2)8-15(11,16)12-4-5-14(18)17-13(12)7-10/h3-6,10-12H,1,7-8,16H2,2H3/t10?,11?,12?,15-/m1/s1. The summed E-state index contributed by atoms with van der Waals surface area (Å²) in [5.41, 5.74) is 8.62. The summed E-state index contributed by atoms with van der Waals surface area (Å²) < 4.78 is 0. The van der Waals surface area contributed by atoms with E-state index in [1.165, 1.54) is 5.57 Å². The number of aliphatic imine (C=N–C) groups is 1. The molecule has 3 unspecified atom stereocenters. The molecule has 0 aromatic rings. The minimum Gasteiger partial charge on any atom is -0.323 e. The molecule has 0 aromatic carbocycles. The third-order valence-corrected chi connectivity index (χ3v) is 4.49. The number of nitrogens with zero attached hydrogens (tertiary/aromatic N) is 1. The number of fused-ring (bicyclic) bond motifs is 4. The highest BCUT2D eigenvalue weighted by Gasteiger charge is 2.51. The van der Waals surface area contributed by atoms with Gasteiger partial charge in [-0.3, -0.25) is 4.79 Å². The Labute approximate surface area is 107 Å². The number of dihydropyridines is 1. The van der Waals surface area contributed by atoms with Crippen LogP contribution >= 0.6 is 0 Å². The largest absolute Gasteiger partial charge is 0.323 e. The lowest BCUT2D eigenvalue weighted by molar-refractivity contribution is -0.113. The van der Waals surface area contributed by atoms with E-state index < -0.39 is 0 Å². The number of hydrogen-bond acceptors (Lipinski definition) is 2. The van der Waals surface area contributed by atoms with E-state index in [4.69, 9.17) is 5.73 Å². The average Bonchev–Trinajstić information content (AvgIpc) is 2.26. The molecular weight excluding hydrogens is 224 g/mol. The molecule has 2 bridgehead atoms. The predicted octanol–water partition coefficient (Wildman–Crippen LogP) is 2.01. The number of hydrogen-bond donors (Lipinski definition) is 1. The van der Waals surface area contributed by atoms with Crippen LogP contribution in [0.1, 0.15) is 19.8 Å². The van der Waals surface area contributed by atoms with Gasteiger partial charge < -0.3 is 5.73 Å². The Morgan fingerprint density at radius 3 is 3.11 bits per heavy atom. The molecule has 3 aliphatic rings. The van der Waals surface area contributed by atoms with Crippen molar-refractivity contribution in [3.8, 4) is 0 Å². The first kappa shape index (κ1) is 11.6. The molecule has 3 rings (SSSR count). The molecule has 2 aliphatic carbocycles. The predicted molar refractivity (Wildman–Crippen MR) is 72.2 cm³/mol. The summed E-state index contributed by atoms with van der Waals surface area (Å²) in [6, 6.07) is 0. The number of amides is 1. The molecule has 18 heavy (non-hydrogen) atoms. The third kappa shape index (κ3) is 1.47. The van der Waals surface area contributed by atoms with E-state index in [1.807, 2.05) is 12.2 Å². The minimum atomic E-state index is -0.362. The van der Waals surface area contributed by atoms with Gasteiger partial charge in [0.25, 0.3) is 5.91 Å². The van der Waals surface area contributed by atoms with Crippen LogP contribution in [-0.2, 0) is 4.79 Å². The van der Waals surface area contributed by atoms with E-state index in [0.29, 0.717) is 5.92 Å². The van der Waals surface area contributed by atoms with Gasteiger partial charge in [-0.2, -0.15) is 0 Å². The summed E-state index contributed by atoms with van der Waals surface area (Å²) in [5, 5.41) is 0. The molecule has 4 atom stereocenters. The van der Waals surface area contributed by atoms with Gasteiger partial charge in [0.05, 0.1) is 0 Å². The second-order valence-corrected chi connectivity index (χ2v) is 5.71. The zero-order chi connectivity index (χ0) is 12.9. The maximum Gasteiger partial charge on any atom is 0.269 e. The van der Waals surface area contributed by atoms with Crippen LogP contribution in [0.2, 0.25) is 0 Å². The van der Waals surface area contributed by atoms with Gasteiger partial charge in [-0.15, -0.1) is 6.58 Å². The molecule has 3 nitrogen and oxygen atoms in total. The topological polar surface area (TPSA) is 55.5 Å². The number of rotatable bonds is 1. The fourth-order valence-electron chi connectivity index (χ4n) is 3.87. The highest BCUT2D eigenvalue weighted by Crippen LogP contribution is 2.48. The monoisotopic (exact) mass is 242 g/mol. The fourth-order valence-corrected chi connectivity index (χ4v) is 3.87. The Bertz CT molecular complexity index is 515. The van der Waals surface area contributed by atoms with Crippen molar-refractivity contribution < 1.29 is 4.79 Å². The van der Waals surface area contributed by atoms with Crippen LogP contribution in [0.4, 0.5) is 0 Å². The lowest BCUT2D eigenvalue weighted by Crippen LogP contribution is -2.62. The molecule has 1 aliphatic heterocycles. The average molecular weight is 242 g/mol. The summed E-state index contributed by atoms with van der Waals surface area (Å²) in [6.07, 6.45) is 9.43. The van der Waals surface area contributed by atoms with Gasteiger partial charge in [-0.1, -0.05) is 23.8 Å². The Kier molecular flexibility index (Phi) is 2.42. The van der Waals surface area contributed by atoms with Crippen molar-refractivity contribution in [2.75, 3.05) is 0 Å². The van der Waals surface area contributed by atoms with Gasteiger partial charge in [0.15, 0.2) is 0 Å². The van der Waals surface area contributed by atoms with E-state index in [-0.39, 0.29) is 23.3 Å². The third-order valence-electron chi connectivity index (χ3n) is 4.49. The van der Waals surface area contributed by atoms with E-state index in [2.05, 4.69) is 24.6 Å². The quantitative estimate of drug-likeness (QED) is 0.715. The molecule has 94 valence electrons. The van der Waals surface area contributed by atoms with Gasteiger partial charge in [-0.05, 0) is 25.7 Å². The molecule has 3 heteroatoms. The Morgan fingerprint density at radius 1 is 1.61 bits per heavy atom. The molecule has 0 spiro atoms. The van der Waals surface area contributed by atoms with E-state index in [0.717, 1.165) is 18.6 Å². The van der Waals surface area contributed by atoms with Crippen LogP contribution < -0.4 is 5.73 Å². The molecule has 0 saturated heterocycles.